The van der Waals surface area contributed by atoms with E-state index in [-0.39, 0.29) is 23.3 Å². The number of para-hydroxylation sites is 2. The highest BCUT2D eigenvalue weighted by Gasteiger charge is 2.26. The molecule has 0 aromatic heterocycles. The molecule has 0 aliphatic carbocycles. The highest BCUT2D eigenvalue weighted by molar-refractivity contribution is 6.10. The standard InChI is InChI=1S/C27H29N3O4/c1-17(2)24(27(33)28-22-11-7-5-9-18(22)3)30-26(32)21-10-6-8-12-23(21)29-25(31)19-13-15-20(34-4)16-14-19/h5-17,24H,1-4H3,(H,28,33)(H,29,31)(H,30,32)/t24-/m0/s1. The summed E-state index contributed by atoms with van der Waals surface area (Å²) in [7, 11) is 1.55. The maximum Gasteiger partial charge on any atom is 0.255 e. The summed E-state index contributed by atoms with van der Waals surface area (Å²) in [5.41, 5.74) is 2.66. The predicted octanol–water partition coefficient (Wildman–Crippen LogP) is 4.65. The van der Waals surface area contributed by atoms with Crippen molar-refractivity contribution < 1.29 is 19.1 Å². The van der Waals surface area contributed by atoms with E-state index in [2.05, 4.69) is 16.0 Å². The zero-order chi connectivity index (χ0) is 24.7. The van der Waals surface area contributed by atoms with Gasteiger partial charge in [0.15, 0.2) is 0 Å². The van der Waals surface area contributed by atoms with Gasteiger partial charge in [-0.1, -0.05) is 44.2 Å². The van der Waals surface area contributed by atoms with Gasteiger partial charge in [0.25, 0.3) is 11.8 Å². The van der Waals surface area contributed by atoms with Crippen LogP contribution in [0.15, 0.2) is 72.8 Å². The molecule has 0 saturated carbocycles. The van der Waals surface area contributed by atoms with Crippen molar-refractivity contribution in [2.24, 2.45) is 5.92 Å². The van der Waals surface area contributed by atoms with Gasteiger partial charge in [0, 0.05) is 11.3 Å². The fourth-order valence-corrected chi connectivity index (χ4v) is 3.40. The lowest BCUT2D eigenvalue weighted by Gasteiger charge is -2.23. The molecule has 7 nitrogen and oxygen atoms in total. The summed E-state index contributed by atoms with van der Waals surface area (Å²) in [5, 5.41) is 8.50. The number of amides is 3. The van der Waals surface area contributed by atoms with Crippen LogP contribution in [0, 0.1) is 12.8 Å². The molecular weight excluding hydrogens is 430 g/mol. The number of ether oxygens (including phenoxy) is 1. The molecular formula is C27H29N3O4. The molecule has 0 radical (unpaired) electrons. The molecule has 0 aliphatic heterocycles. The first-order valence-corrected chi connectivity index (χ1v) is 11.0. The third-order valence-corrected chi connectivity index (χ3v) is 5.41. The largest absolute Gasteiger partial charge is 0.497 e. The number of methoxy groups -OCH3 is 1. The van der Waals surface area contributed by atoms with Crippen molar-refractivity contribution in [3.63, 3.8) is 0 Å². The van der Waals surface area contributed by atoms with Gasteiger partial charge in [0.1, 0.15) is 11.8 Å². The van der Waals surface area contributed by atoms with Crippen LogP contribution >= 0.6 is 0 Å². The summed E-state index contributed by atoms with van der Waals surface area (Å²) >= 11 is 0. The Balaban J connectivity index is 1.76. The van der Waals surface area contributed by atoms with Crippen LogP contribution in [0.3, 0.4) is 0 Å². The zero-order valence-electron chi connectivity index (χ0n) is 19.7. The fraction of sp³-hybridized carbons (Fsp3) is 0.222. The summed E-state index contributed by atoms with van der Waals surface area (Å²) in [6, 6.07) is 20.0. The minimum Gasteiger partial charge on any atom is -0.497 e. The average Bonchev–Trinajstić information content (AvgIpc) is 2.83. The lowest BCUT2D eigenvalue weighted by molar-refractivity contribution is -0.118. The molecule has 0 aliphatic rings. The van der Waals surface area contributed by atoms with E-state index < -0.39 is 11.9 Å². The molecule has 3 N–H and O–H groups in total. The van der Waals surface area contributed by atoms with Crippen LogP contribution < -0.4 is 20.7 Å². The van der Waals surface area contributed by atoms with E-state index in [9.17, 15) is 14.4 Å². The Kier molecular flexibility index (Phi) is 8.03. The van der Waals surface area contributed by atoms with Gasteiger partial charge in [-0.3, -0.25) is 14.4 Å². The van der Waals surface area contributed by atoms with Gasteiger partial charge >= 0.3 is 0 Å². The predicted molar refractivity (Wildman–Crippen MR) is 133 cm³/mol. The molecule has 0 saturated heterocycles. The first kappa shape index (κ1) is 24.5. The number of rotatable bonds is 8. The zero-order valence-corrected chi connectivity index (χ0v) is 19.7. The van der Waals surface area contributed by atoms with E-state index in [1.807, 2.05) is 45.0 Å². The van der Waals surface area contributed by atoms with E-state index in [1.54, 1.807) is 55.6 Å². The third-order valence-electron chi connectivity index (χ3n) is 5.41. The molecule has 0 bridgehead atoms. The maximum absolute atomic E-state index is 13.1. The van der Waals surface area contributed by atoms with Crippen LogP contribution in [0.4, 0.5) is 11.4 Å². The Morgan fingerprint density at radius 3 is 2.00 bits per heavy atom. The number of hydrogen-bond donors (Lipinski definition) is 3. The topological polar surface area (TPSA) is 96.5 Å². The van der Waals surface area contributed by atoms with Gasteiger partial charge in [0.2, 0.25) is 5.91 Å². The number of benzene rings is 3. The van der Waals surface area contributed by atoms with Gasteiger partial charge in [-0.25, -0.2) is 0 Å². The summed E-state index contributed by atoms with van der Waals surface area (Å²) in [6.45, 7) is 5.62. The Morgan fingerprint density at radius 1 is 0.765 bits per heavy atom. The molecule has 0 heterocycles. The van der Waals surface area contributed by atoms with Gasteiger partial charge in [0.05, 0.1) is 18.4 Å². The number of anilines is 2. The summed E-state index contributed by atoms with van der Waals surface area (Å²) in [6.07, 6.45) is 0. The molecule has 34 heavy (non-hydrogen) atoms. The van der Waals surface area contributed by atoms with Gasteiger partial charge < -0.3 is 20.7 Å². The van der Waals surface area contributed by atoms with E-state index in [4.69, 9.17) is 4.74 Å². The van der Waals surface area contributed by atoms with Crippen molar-refractivity contribution in [1.29, 1.82) is 0 Å². The van der Waals surface area contributed by atoms with Crippen LogP contribution in [-0.4, -0.2) is 30.9 Å². The van der Waals surface area contributed by atoms with Crippen molar-refractivity contribution in [1.82, 2.24) is 5.32 Å². The molecule has 0 fully saturated rings. The minimum atomic E-state index is -0.766. The van der Waals surface area contributed by atoms with Crippen molar-refractivity contribution in [3.8, 4) is 5.75 Å². The SMILES string of the molecule is COc1ccc(C(=O)Nc2ccccc2C(=O)N[C@H](C(=O)Nc2ccccc2C)C(C)C)cc1. The lowest BCUT2D eigenvalue weighted by Crippen LogP contribution is -2.47. The Bertz CT molecular complexity index is 1170. The summed E-state index contributed by atoms with van der Waals surface area (Å²) in [4.78, 5) is 38.8. The quantitative estimate of drug-likeness (QED) is 0.457. The molecule has 3 amide bonds. The van der Waals surface area contributed by atoms with Crippen LogP contribution in [0.2, 0.25) is 0 Å². The van der Waals surface area contributed by atoms with Crippen molar-refractivity contribution in [2.45, 2.75) is 26.8 Å². The molecule has 3 aromatic carbocycles. The smallest absolute Gasteiger partial charge is 0.255 e. The first-order chi connectivity index (χ1) is 16.3. The second-order valence-corrected chi connectivity index (χ2v) is 8.23. The highest BCUT2D eigenvalue weighted by Crippen LogP contribution is 2.19. The Morgan fingerprint density at radius 2 is 1.38 bits per heavy atom. The molecule has 3 aromatic rings. The van der Waals surface area contributed by atoms with E-state index in [1.165, 1.54) is 0 Å². The second-order valence-electron chi connectivity index (χ2n) is 8.23. The summed E-state index contributed by atoms with van der Waals surface area (Å²) < 4.78 is 5.12. The van der Waals surface area contributed by atoms with Gasteiger partial charge in [-0.2, -0.15) is 0 Å². The molecule has 7 heteroatoms. The van der Waals surface area contributed by atoms with Crippen LogP contribution in [0.1, 0.15) is 40.1 Å². The van der Waals surface area contributed by atoms with E-state index in [0.29, 0.717) is 22.7 Å². The molecule has 0 unspecified atom stereocenters. The lowest BCUT2D eigenvalue weighted by atomic mass is 10.0. The van der Waals surface area contributed by atoms with Crippen LogP contribution in [0.5, 0.6) is 5.75 Å². The Labute approximate surface area is 199 Å². The molecule has 0 spiro atoms. The van der Waals surface area contributed by atoms with Crippen molar-refractivity contribution in [2.75, 3.05) is 17.7 Å². The maximum atomic E-state index is 13.1. The van der Waals surface area contributed by atoms with Gasteiger partial charge in [-0.05, 0) is 60.9 Å². The molecule has 176 valence electrons. The normalized spacial score (nSPS) is 11.4. The number of nitrogens with one attached hydrogen (secondary N) is 3. The third kappa shape index (κ3) is 6.01. The number of hydrogen-bond acceptors (Lipinski definition) is 4. The van der Waals surface area contributed by atoms with E-state index in [0.717, 1.165) is 5.56 Å². The average molecular weight is 460 g/mol. The monoisotopic (exact) mass is 459 g/mol. The van der Waals surface area contributed by atoms with Crippen LogP contribution in [0.25, 0.3) is 0 Å². The second kappa shape index (κ2) is 11.1. The summed E-state index contributed by atoms with van der Waals surface area (Å²) in [5.74, 6) is -0.642. The highest BCUT2D eigenvalue weighted by atomic mass is 16.5. The number of carbonyl (C=O) groups excluding carboxylic acids is 3. The molecule has 1 atom stereocenters. The fourth-order valence-electron chi connectivity index (χ4n) is 3.40. The number of carbonyl (C=O) groups is 3. The van der Waals surface area contributed by atoms with Crippen molar-refractivity contribution >= 4 is 29.1 Å². The van der Waals surface area contributed by atoms with Crippen LogP contribution in [-0.2, 0) is 4.79 Å². The Hall–Kier alpha value is -4.13. The van der Waals surface area contributed by atoms with E-state index >= 15 is 0 Å². The van der Waals surface area contributed by atoms with Gasteiger partial charge in [-0.15, -0.1) is 0 Å². The minimum absolute atomic E-state index is 0.158. The van der Waals surface area contributed by atoms with Crippen molar-refractivity contribution in [3.05, 3.63) is 89.5 Å². The number of aryl methyl sites for hydroxylation is 1. The molecule has 3 rings (SSSR count). The first-order valence-electron chi connectivity index (χ1n) is 11.0.